The average molecular weight is 352 g/mol. The molecule has 7 heteroatoms. The minimum Gasteiger partial charge on any atom is -0.491 e. The number of pyridine rings is 1. The standard InChI is InChI=1S/C19H20N4O3/c1-12(2)25-16-7-5-15(6-8-16)21-17-9-4-14(11-20-17)19(24)22-18-10-13(3)26-23-18/h4-12H,1-3H3,(H,20,21)(H,22,23,24). The second kappa shape index (κ2) is 7.69. The minimum absolute atomic E-state index is 0.135. The molecule has 3 aromatic rings. The van der Waals surface area contributed by atoms with Crippen LogP contribution < -0.4 is 15.4 Å². The van der Waals surface area contributed by atoms with Crippen LogP contribution in [-0.4, -0.2) is 22.2 Å². The minimum atomic E-state index is -0.299. The van der Waals surface area contributed by atoms with Gasteiger partial charge in [0.15, 0.2) is 5.82 Å². The zero-order valence-corrected chi connectivity index (χ0v) is 14.8. The quantitative estimate of drug-likeness (QED) is 0.692. The molecule has 2 heterocycles. The van der Waals surface area contributed by atoms with Gasteiger partial charge in [-0.3, -0.25) is 4.79 Å². The predicted octanol–water partition coefficient (Wildman–Crippen LogP) is 4.16. The van der Waals surface area contributed by atoms with Crippen LogP contribution in [0.1, 0.15) is 30.0 Å². The fourth-order valence-corrected chi connectivity index (χ4v) is 2.25. The van der Waals surface area contributed by atoms with Crippen LogP contribution in [0.25, 0.3) is 0 Å². The number of benzene rings is 1. The number of hydrogen-bond donors (Lipinski definition) is 2. The third kappa shape index (κ3) is 4.60. The molecule has 0 saturated heterocycles. The van der Waals surface area contributed by atoms with Gasteiger partial charge in [0.2, 0.25) is 0 Å². The van der Waals surface area contributed by atoms with Crippen molar-refractivity contribution in [2.45, 2.75) is 26.9 Å². The van der Waals surface area contributed by atoms with Crippen molar-refractivity contribution in [3.05, 3.63) is 60.0 Å². The summed E-state index contributed by atoms with van der Waals surface area (Å²) >= 11 is 0. The SMILES string of the molecule is Cc1cc(NC(=O)c2ccc(Nc3ccc(OC(C)C)cc3)nc2)no1. The van der Waals surface area contributed by atoms with Crippen molar-refractivity contribution in [2.24, 2.45) is 0 Å². The van der Waals surface area contributed by atoms with Gasteiger partial charge >= 0.3 is 0 Å². The molecule has 0 radical (unpaired) electrons. The molecule has 2 aromatic heterocycles. The Morgan fingerprint density at radius 2 is 1.88 bits per heavy atom. The lowest BCUT2D eigenvalue weighted by atomic mass is 10.2. The van der Waals surface area contributed by atoms with E-state index in [9.17, 15) is 4.79 Å². The Balaban J connectivity index is 1.61. The summed E-state index contributed by atoms with van der Waals surface area (Å²) < 4.78 is 10.5. The van der Waals surface area contributed by atoms with Gasteiger partial charge in [-0.15, -0.1) is 0 Å². The van der Waals surface area contributed by atoms with Gasteiger partial charge in [-0.1, -0.05) is 5.16 Å². The zero-order valence-electron chi connectivity index (χ0n) is 14.8. The molecule has 1 aromatic carbocycles. The first kappa shape index (κ1) is 17.5. The highest BCUT2D eigenvalue weighted by atomic mass is 16.5. The van der Waals surface area contributed by atoms with Gasteiger partial charge in [0.05, 0.1) is 11.7 Å². The molecule has 0 saturated carbocycles. The molecule has 0 atom stereocenters. The molecule has 0 unspecified atom stereocenters. The molecule has 3 rings (SSSR count). The van der Waals surface area contributed by atoms with Crippen LogP contribution in [0.3, 0.4) is 0 Å². The predicted molar refractivity (Wildman–Crippen MR) is 98.9 cm³/mol. The third-order valence-electron chi connectivity index (χ3n) is 3.39. The summed E-state index contributed by atoms with van der Waals surface area (Å²) in [6.07, 6.45) is 1.64. The largest absolute Gasteiger partial charge is 0.491 e. The summed E-state index contributed by atoms with van der Waals surface area (Å²) in [5.41, 5.74) is 1.31. The summed E-state index contributed by atoms with van der Waals surface area (Å²) in [4.78, 5) is 16.4. The molecule has 134 valence electrons. The summed E-state index contributed by atoms with van der Waals surface area (Å²) in [5.74, 6) is 2.15. The number of hydrogen-bond acceptors (Lipinski definition) is 6. The van der Waals surface area contributed by atoms with Crippen molar-refractivity contribution < 1.29 is 14.1 Å². The van der Waals surface area contributed by atoms with E-state index in [0.29, 0.717) is 23.0 Å². The molecule has 26 heavy (non-hydrogen) atoms. The van der Waals surface area contributed by atoms with E-state index < -0.39 is 0 Å². The van der Waals surface area contributed by atoms with Gasteiger partial charge in [-0.25, -0.2) is 4.98 Å². The van der Waals surface area contributed by atoms with Crippen molar-refractivity contribution in [1.29, 1.82) is 0 Å². The number of aryl methyl sites for hydroxylation is 1. The lowest BCUT2D eigenvalue weighted by molar-refractivity contribution is 0.102. The van der Waals surface area contributed by atoms with E-state index in [1.807, 2.05) is 38.1 Å². The van der Waals surface area contributed by atoms with E-state index in [0.717, 1.165) is 11.4 Å². The molecular formula is C19H20N4O3. The van der Waals surface area contributed by atoms with E-state index in [1.54, 1.807) is 25.1 Å². The van der Waals surface area contributed by atoms with Crippen molar-refractivity contribution in [3.8, 4) is 5.75 Å². The molecule has 0 aliphatic heterocycles. The van der Waals surface area contributed by atoms with Crippen molar-refractivity contribution in [1.82, 2.24) is 10.1 Å². The van der Waals surface area contributed by atoms with Crippen LogP contribution in [0.4, 0.5) is 17.3 Å². The van der Waals surface area contributed by atoms with Crippen LogP contribution in [0.15, 0.2) is 53.2 Å². The second-order valence-corrected chi connectivity index (χ2v) is 6.03. The van der Waals surface area contributed by atoms with Crippen LogP contribution in [-0.2, 0) is 0 Å². The number of carbonyl (C=O) groups excluding carboxylic acids is 1. The molecule has 0 aliphatic carbocycles. The van der Waals surface area contributed by atoms with Gasteiger partial charge in [0, 0.05) is 18.0 Å². The maximum atomic E-state index is 12.2. The Kier molecular flexibility index (Phi) is 5.17. The molecule has 2 N–H and O–H groups in total. The fraction of sp³-hybridized carbons (Fsp3) is 0.211. The van der Waals surface area contributed by atoms with Crippen LogP contribution >= 0.6 is 0 Å². The van der Waals surface area contributed by atoms with Crippen LogP contribution in [0, 0.1) is 6.92 Å². The molecule has 0 aliphatic rings. The third-order valence-corrected chi connectivity index (χ3v) is 3.39. The smallest absolute Gasteiger partial charge is 0.258 e. The molecular weight excluding hydrogens is 332 g/mol. The van der Waals surface area contributed by atoms with E-state index in [2.05, 4.69) is 20.8 Å². The van der Waals surface area contributed by atoms with Crippen molar-refractivity contribution in [3.63, 3.8) is 0 Å². The number of carbonyl (C=O) groups is 1. The molecule has 0 fully saturated rings. The summed E-state index contributed by atoms with van der Waals surface area (Å²) in [7, 11) is 0. The van der Waals surface area contributed by atoms with Crippen LogP contribution in [0.5, 0.6) is 5.75 Å². The number of anilines is 3. The molecule has 0 bridgehead atoms. The normalized spacial score (nSPS) is 10.6. The number of ether oxygens (including phenoxy) is 1. The van der Waals surface area contributed by atoms with Gasteiger partial charge in [-0.2, -0.15) is 0 Å². The Hall–Kier alpha value is -3.35. The topological polar surface area (TPSA) is 89.3 Å². The first-order valence-corrected chi connectivity index (χ1v) is 8.24. The lowest BCUT2D eigenvalue weighted by Gasteiger charge is -2.11. The Labute approximate surface area is 151 Å². The zero-order chi connectivity index (χ0) is 18.5. The fourth-order valence-electron chi connectivity index (χ4n) is 2.25. The number of rotatable bonds is 6. The first-order chi connectivity index (χ1) is 12.5. The van der Waals surface area contributed by atoms with Crippen LogP contribution in [0.2, 0.25) is 0 Å². The van der Waals surface area contributed by atoms with Gasteiger partial charge in [0.25, 0.3) is 5.91 Å². The van der Waals surface area contributed by atoms with E-state index in [4.69, 9.17) is 9.26 Å². The molecule has 0 spiro atoms. The summed E-state index contributed by atoms with van der Waals surface area (Å²) in [5, 5.41) is 9.56. The highest BCUT2D eigenvalue weighted by Gasteiger charge is 2.09. The lowest BCUT2D eigenvalue weighted by Crippen LogP contribution is -2.12. The highest BCUT2D eigenvalue weighted by Crippen LogP contribution is 2.20. The number of nitrogens with one attached hydrogen (secondary N) is 2. The second-order valence-electron chi connectivity index (χ2n) is 6.03. The van der Waals surface area contributed by atoms with Gasteiger partial charge < -0.3 is 19.9 Å². The number of aromatic nitrogens is 2. The maximum Gasteiger partial charge on any atom is 0.258 e. The molecule has 7 nitrogen and oxygen atoms in total. The number of nitrogens with zero attached hydrogens (tertiary/aromatic N) is 2. The monoisotopic (exact) mass is 352 g/mol. The Morgan fingerprint density at radius 3 is 2.46 bits per heavy atom. The summed E-state index contributed by atoms with van der Waals surface area (Å²) in [6, 6.07) is 12.7. The van der Waals surface area contributed by atoms with Crippen molar-refractivity contribution in [2.75, 3.05) is 10.6 Å². The van der Waals surface area contributed by atoms with Crippen molar-refractivity contribution >= 4 is 23.2 Å². The molecule has 1 amide bonds. The average Bonchev–Trinajstić information content (AvgIpc) is 3.01. The van der Waals surface area contributed by atoms with E-state index >= 15 is 0 Å². The van der Waals surface area contributed by atoms with Gasteiger partial charge in [0.1, 0.15) is 17.3 Å². The van der Waals surface area contributed by atoms with E-state index in [1.165, 1.54) is 6.20 Å². The van der Waals surface area contributed by atoms with Gasteiger partial charge in [-0.05, 0) is 57.2 Å². The maximum absolute atomic E-state index is 12.2. The highest BCUT2D eigenvalue weighted by molar-refractivity contribution is 6.03. The summed E-state index contributed by atoms with van der Waals surface area (Å²) in [6.45, 7) is 5.72. The Bertz CT molecular complexity index is 871. The Morgan fingerprint density at radius 1 is 1.12 bits per heavy atom. The van der Waals surface area contributed by atoms with E-state index in [-0.39, 0.29) is 12.0 Å². The first-order valence-electron chi connectivity index (χ1n) is 8.24. The number of amides is 1.